The van der Waals surface area contributed by atoms with Crippen molar-refractivity contribution in [3.8, 4) is 5.75 Å². The lowest BCUT2D eigenvalue weighted by atomic mass is 9.96. The van der Waals surface area contributed by atoms with Crippen LogP contribution in [0.25, 0.3) is 0 Å². The third-order valence-electron chi connectivity index (χ3n) is 5.69. The molecule has 0 atom stereocenters. The summed E-state index contributed by atoms with van der Waals surface area (Å²) in [6.07, 6.45) is 1.44. The number of hydrogen-bond donors (Lipinski definition) is 1. The number of benzene rings is 2. The molecular formula is C25H22Cl2N4O7S. The van der Waals surface area contributed by atoms with Crippen LogP contribution >= 0.6 is 23.2 Å². The Kier molecular flexibility index (Phi) is 8.58. The Hall–Kier alpha value is -3.87. The maximum atomic E-state index is 13.7. The largest absolute Gasteiger partial charge is 0.497 e. The fraction of sp³-hybridized carbons (Fsp3) is 0.200. The van der Waals surface area contributed by atoms with Gasteiger partial charge < -0.3 is 14.6 Å². The SMILES string of the molecule is COc1ccc2c(c1)CN(S(=O)(=O)N(CC(=O)O)C(=O)OCc1ccccc1)N=C2Cc1c(Cl)cncc1Cl. The number of hydrazone groups is 1. The summed E-state index contributed by atoms with van der Waals surface area (Å²) in [4.78, 5) is 28.4. The number of carbonyl (C=O) groups excluding carboxylic acids is 1. The van der Waals surface area contributed by atoms with E-state index in [0.29, 0.717) is 32.4 Å². The average Bonchev–Trinajstić information content (AvgIpc) is 2.92. The van der Waals surface area contributed by atoms with Crippen molar-refractivity contribution >= 4 is 51.2 Å². The van der Waals surface area contributed by atoms with Crippen molar-refractivity contribution in [2.24, 2.45) is 5.10 Å². The molecule has 0 bridgehead atoms. The van der Waals surface area contributed by atoms with Crippen LogP contribution in [0.4, 0.5) is 4.79 Å². The molecule has 1 aliphatic rings. The second-order valence-corrected chi connectivity index (χ2v) is 10.8. The molecule has 2 heterocycles. The third kappa shape index (κ3) is 6.41. The zero-order valence-corrected chi connectivity index (χ0v) is 22.8. The first kappa shape index (κ1) is 28.1. The summed E-state index contributed by atoms with van der Waals surface area (Å²) in [6, 6.07) is 13.6. The highest BCUT2D eigenvalue weighted by Crippen LogP contribution is 2.31. The Bertz CT molecular complexity index is 1510. The highest BCUT2D eigenvalue weighted by atomic mass is 35.5. The molecule has 14 heteroatoms. The lowest BCUT2D eigenvalue weighted by molar-refractivity contribution is -0.137. The number of carboxylic acids is 1. The van der Waals surface area contributed by atoms with Gasteiger partial charge in [0.25, 0.3) is 0 Å². The van der Waals surface area contributed by atoms with E-state index in [2.05, 4.69) is 10.1 Å². The number of amides is 1. The van der Waals surface area contributed by atoms with Crippen molar-refractivity contribution in [1.82, 2.24) is 13.7 Å². The van der Waals surface area contributed by atoms with Crippen LogP contribution < -0.4 is 4.74 Å². The van der Waals surface area contributed by atoms with Crippen LogP contribution in [-0.2, 0) is 39.3 Å². The molecule has 1 aliphatic heterocycles. The van der Waals surface area contributed by atoms with Gasteiger partial charge in [-0.05, 0) is 34.9 Å². The van der Waals surface area contributed by atoms with E-state index < -0.39 is 28.8 Å². The van der Waals surface area contributed by atoms with Crippen molar-refractivity contribution < 1.29 is 32.6 Å². The second kappa shape index (κ2) is 11.9. The normalized spacial score (nSPS) is 12.8. The number of aliphatic carboxylic acids is 1. The van der Waals surface area contributed by atoms with Crippen LogP contribution in [0.2, 0.25) is 10.0 Å². The molecule has 0 spiro atoms. The van der Waals surface area contributed by atoms with E-state index in [4.69, 9.17) is 32.7 Å². The standard InChI is InChI=1S/C25H22Cl2N4O7S/c1-37-18-7-8-19-17(9-18)13-31(29-23(19)10-20-21(26)11-28-12-22(20)27)39(35,36)30(14-24(32)33)25(34)38-15-16-5-3-2-4-6-16/h2-9,11-12H,10,13-15H2,1H3,(H,32,33). The summed E-state index contributed by atoms with van der Waals surface area (Å²) in [7, 11) is -3.37. The monoisotopic (exact) mass is 592 g/mol. The second-order valence-electron chi connectivity index (χ2n) is 8.26. The minimum absolute atomic E-state index is 0.0168. The number of carbonyl (C=O) groups is 2. The molecule has 4 rings (SSSR count). The Morgan fingerprint density at radius 2 is 1.79 bits per heavy atom. The Morgan fingerprint density at radius 3 is 2.44 bits per heavy atom. The maximum absolute atomic E-state index is 13.7. The van der Waals surface area contributed by atoms with Crippen molar-refractivity contribution in [2.45, 2.75) is 19.6 Å². The molecule has 0 aliphatic carbocycles. The van der Waals surface area contributed by atoms with Crippen molar-refractivity contribution in [3.05, 3.63) is 93.2 Å². The quantitative estimate of drug-likeness (QED) is 0.391. The van der Waals surface area contributed by atoms with E-state index in [9.17, 15) is 23.1 Å². The highest BCUT2D eigenvalue weighted by Gasteiger charge is 2.38. The number of nitrogens with zero attached hydrogens (tertiary/aromatic N) is 4. The van der Waals surface area contributed by atoms with E-state index in [1.54, 1.807) is 48.5 Å². The van der Waals surface area contributed by atoms with Crippen LogP contribution in [0.3, 0.4) is 0 Å². The fourth-order valence-corrected chi connectivity index (χ4v) is 5.53. The Labute approximate surface area is 234 Å². The zero-order chi connectivity index (χ0) is 28.2. The first-order valence-corrected chi connectivity index (χ1v) is 13.5. The molecule has 1 amide bonds. The molecule has 0 unspecified atom stereocenters. The summed E-state index contributed by atoms with van der Waals surface area (Å²) in [6.45, 7) is -1.75. The number of carboxylic acid groups (broad SMARTS) is 1. The number of rotatable bonds is 9. The summed E-state index contributed by atoms with van der Waals surface area (Å²) in [5.41, 5.74) is 2.40. The summed E-state index contributed by atoms with van der Waals surface area (Å²) >= 11 is 12.6. The number of aromatic nitrogens is 1. The van der Waals surface area contributed by atoms with Gasteiger partial charge in [-0.1, -0.05) is 53.5 Å². The number of hydrogen-bond acceptors (Lipinski definition) is 8. The average molecular weight is 593 g/mol. The van der Waals surface area contributed by atoms with Crippen LogP contribution in [-0.4, -0.2) is 58.7 Å². The smallest absolute Gasteiger partial charge is 0.425 e. The summed E-state index contributed by atoms with van der Waals surface area (Å²) < 4.78 is 38.5. The van der Waals surface area contributed by atoms with Gasteiger partial charge in [0.1, 0.15) is 18.9 Å². The van der Waals surface area contributed by atoms with E-state index in [0.717, 1.165) is 0 Å². The van der Waals surface area contributed by atoms with Crippen LogP contribution in [0.1, 0.15) is 22.3 Å². The fourth-order valence-electron chi connectivity index (χ4n) is 3.79. The van der Waals surface area contributed by atoms with Gasteiger partial charge in [0, 0.05) is 24.4 Å². The molecule has 3 aromatic rings. The number of halogens is 2. The lowest BCUT2D eigenvalue weighted by Gasteiger charge is -2.31. The predicted octanol–water partition coefficient (Wildman–Crippen LogP) is 4.13. The van der Waals surface area contributed by atoms with Crippen molar-refractivity contribution in [2.75, 3.05) is 13.7 Å². The van der Waals surface area contributed by atoms with Gasteiger partial charge in [0.15, 0.2) is 0 Å². The van der Waals surface area contributed by atoms with Crippen LogP contribution in [0, 0.1) is 0 Å². The van der Waals surface area contributed by atoms with Crippen molar-refractivity contribution in [3.63, 3.8) is 0 Å². The van der Waals surface area contributed by atoms with Crippen LogP contribution in [0.15, 0.2) is 66.0 Å². The van der Waals surface area contributed by atoms with Crippen LogP contribution in [0.5, 0.6) is 5.75 Å². The maximum Gasteiger partial charge on any atom is 0.425 e. The number of methoxy groups -OCH3 is 1. The van der Waals surface area contributed by atoms with E-state index >= 15 is 0 Å². The van der Waals surface area contributed by atoms with Gasteiger partial charge in [-0.25, -0.2) is 4.79 Å². The van der Waals surface area contributed by atoms with E-state index in [-0.39, 0.29) is 39.6 Å². The van der Waals surface area contributed by atoms with Gasteiger partial charge in [-0.15, -0.1) is 0 Å². The molecule has 2 aromatic carbocycles. The molecule has 1 N–H and O–H groups in total. The Balaban J connectivity index is 1.72. The van der Waals surface area contributed by atoms with Gasteiger partial charge in [0.05, 0.1) is 29.4 Å². The summed E-state index contributed by atoms with van der Waals surface area (Å²) in [5, 5.41) is 14.2. The summed E-state index contributed by atoms with van der Waals surface area (Å²) in [5.74, 6) is -1.11. The molecule has 39 heavy (non-hydrogen) atoms. The molecule has 0 saturated carbocycles. The first-order valence-electron chi connectivity index (χ1n) is 11.4. The van der Waals surface area contributed by atoms with Crippen molar-refractivity contribution in [1.29, 1.82) is 0 Å². The van der Waals surface area contributed by atoms with Gasteiger partial charge in [-0.2, -0.15) is 22.2 Å². The topological polar surface area (TPSA) is 139 Å². The molecule has 0 fully saturated rings. The van der Waals surface area contributed by atoms with Gasteiger partial charge in [0.2, 0.25) is 0 Å². The molecule has 204 valence electrons. The van der Waals surface area contributed by atoms with E-state index in [1.165, 1.54) is 19.5 Å². The highest BCUT2D eigenvalue weighted by molar-refractivity contribution is 7.87. The number of fused-ring (bicyclic) bond motifs is 1. The van der Waals surface area contributed by atoms with Gasteiger partial charge >= 0.3 is 22.3 Å². The third-order valence-corrected chi connectivity index (χ3v) is 7.92. The predicted molar refractivity (Wildman–Crippen MR) is 143 cm³/mol. The minimum atomic E-state index is -4.83. The minimum Gasteiger partial charge on any atom is -0.497 e. The number of pyridine rings is 1. The number of ether oxygens (including phenoxy) is 2. The van der Waals surface area contributed by atoms with E-state index in [1.807, 2.05) is 0 Å². The molecule has 0 radical (unpaired) electrons. The molecule has 0 saturated heterocycles. The molecular weight excluding hydrogens is 571 g/mol. The Morgan fingerprint density at radius 1 is 1.10 bits per heavy atom. The molecule has 11 nitrogen and oxygen atoms in total. The van der Waals surface area contributed by atoms with Gasteiger partial charge in [-0.3, -0.25) is 9.78 Å². The zero-order valence-electron chi connectivity index (χ0n) is 20.5. The molecule has 1 aromatic heterocycles. The lowest BCUT2D eigenvalue weighted by Crippen LogP contribution is -2.48. The first-order chi connectivity index (χ1) is 18.6.